The normalized spacial score (nSPS) is 16.9. The third-order valence-electron chi connectivity index (χ3n) is 3.61. The second-order valence-corrected chi connectivity index (χ2v) is 4.98. The minimum absolute atomic E-state index is 0.176. The van der Waals surface area contributed by atoms with Gasteiger partial charge in [-0.2, -0.15) is 0 Å². The van der Waals surface area contributed by atoms with Crippen LogP contribution in [-0.4, -0.2) is 48.4 Å². The number of benzene rings is 1. The van der Waals surface area contributed by atoms with Crippen molar-refractivity contribution in [3.8, 4) is 0 Å². The Kier molecular flexibility index (Phi) is 4.93. The number of rotatable bonds is 4. The highest BCUT2D eigenvalue weighted by molar-refractivity contribution is 6.58. The van der Waals surface area contributed by atoms with Gasteiger partial charge in [0.05, 0.1) is 0 Å². The lowest BCUT2D eigenvalue weighted by Gasteiger charge is -2.31. The Bertz CT molecular complexity index is 424. The van der Waals surface area contributed by atoms with Gasteiger partial charge >= 0.3 is 7.12 Å². The molecule has 104 valence electrons. The minimum atomic E-state index is -1.63. The summed E-state index contributed by atoms with van der Waals surface area (Å²) in [4.78, 5) is 2.12. The van der Waals surface area contributed by atoms with Crippen LogP contribution in [-0.2, 0) is 11.3 Å². The van der Waals surface area contributed by atoms with Crippen molar-refractivity contribution in [1.29, 1.82) is 0 Å². The molecule has 1 fully saturated rings. The third-order valence-corrected chi connectivity index (χ3v) is 3.61. The Morgan fingerprint density at radius 1 is 1.37 bits per heavy atom. The molecule has 1 aromatic rings. The zero-order valence-electron chi connectivity index (χ0n) is 11.1. The van der Waals surface area contributed by atoms with E-state index in [1.807, 2.05) is 7.05 Å². The van der Waals surface area contributed by atoms with E-state index in [2.05, 4.69) is 4.90 Å². The molecule has 0 atom stereocenters. The van der Waals surface area contributed by atoms with Crippen molar-refractivity contribution < 1.29 is 19.2 Å². The predicted molar refractivity (Wildman–Crippen MR) is 71.5 cm³/mol. The first-order valence-electron chi connectivity index (χ1n) is 6.50. The standard InChI is InChI=1S/C13H19BFNO3/c1-16(12-4-6-19-7-5-12)9-10-2-3-11(14(17)18)8-13(10)15/h2-3,8,12,17-18H,4-7,9H2,1H3. The molecule has 6 heteroatoms. The van der Waals surface area contributed by atoms with Crippen molar-refractivity contribution in [2.24, 2.45) is 0 Å². The summed E-state index contributed by atoms with van der Waals surface area (Å²) in [6.07, 6.45) is 1.93. The Morgan fingerprint density at radius 3 is 2.63 bits per heavy atom. The molecule has 1 aliphatic heterocycles. The van der Waals surface area contributed by atoms with Gasteiger partial charge in [-0.3, -0.25) is 4.90 Å². The van der Waals surface area contributed by atoms with Crippen LogP contribution >= 0.6 is 0 Å². The summed E-state index contributed by atoms with van der Waals surface area (Å²) in [5, 5.41) is 18.0. The molecule has 0 saturated carbocycles. The molecule has 1 aliphatic rings. The van der Waals surface area contributed by atoms with E-state index in [-0.39, 0.29) is 5.46 Å². The van der Waals surface area contributed by atoms with Crippen LogP contribution in [0.15, 0.2) is 18.2 Å². The van der Waals surface area contributed by atoms with Gasteiger partial charge in [-0.15, -0.1) is 0 Å². The zero-order valence-corrected chi connectivity index (χ0v) is 11.1. The highest BCUT2D eigenvalue weighted by Crippen LogP contribution is 2.16. The lowest BCUT2D eigenvalue weighted by atomic mass is 9.80. The summed E-state index contributed by atoms with van der Waals surface area (Å²) in [7, 11) is 0.348. The summed E-state index contributed by atoms with van der Waals surface area (Å²) in [6, 6.07) is 4.75. The summed E-state index contributed by atoms with van der Waals surface area (Å²) in [5.41, 5.74) is 0.744. The molecule has 0 radical (unpaired) electrons. The molecular weight excluding hydrogens is 248 g/mol. The van der Waals surface area contributed by atoms with Gasteiger partial charge in [0.25, 0.3) is 0 Å². The lowest BCUT2D eigenvalue weighted by Crippen LogP contribution is -2.36. The third kappa shape index (κ3) is 3.76. The monoisotopic (exact) mass is 267 g/mol. The SMILES string of the molecule is CN(Cc1ccc(B(O)O)cc1F)C1CCOCC1. The van der Waals surface area contributed by atoms with Crippen molar-refractivity contribution in [3.05, 3.63) is 29.6 Å². The molecule has 0 aliphatic carbocycles. The summed E-state index contributed by atoms with van der Waals surface area (Å²) < 4.78 is 19.2. The quantitative estimate of drug-likeness (QED) is 0.761. The maximum Gasteiger partial charge on any atom is 0.488 e. The van der Waals surface area contributed by atoms with Crippen molar-refractivity contribution in [1.82, 2.24) is 4.90 Å². The molecule has 1 aromatic carbocycles. The van der Waals surface area contributed by atoms with Crippen LogP contribution < -0.4 is 5.46 Å². The summed E-state index contributed by atoms with van der Waals surface area (Å²) in [5.74, 6) is -0.399. The van der Waals surface area contributed by atoms with Crippen LogP contribution in [0, 0.1) is 5.82 Å². The van der Waals surface area contributed by atoms with Gasteiger partial charge in [0.2, 0.25) is 0 Å². The Morgan fingerprint density at radius 2 is 2.05 bits per heavy atom. The fraction of sp³-hybridized carbons (Fsp3) is 0.538. The van der Waals surface area contributed by atoms with E-state index >= 15 is 0 Å². The molecule has 0 bridgehead atoms. The van der Waals surface area contributed by atoms with Crippen LogP contribution in [0.4, 0.5) is 4.39 Å². The molecule has 19 heavy (non-hydrogen) atoms. The average molecular weight is 267 g/mol. The number of nitrogens with zero attached hydrogens (tertiary/aromatic N) is 1. The Labute approximate surface area is 113 Å². The van der Waals surface area contributed by atoms with Crippen LogP contribution in [0.1, 0.15) is 18.4 Å². The number of hydrogen-bond acceptors (Lipinski definition) is 4. The van der Waals surface area contributed by atoms with Crippen molar-refractivity contribution >= 4 is 12.6 Å². The summed E-state index contributed by atoms with van der Waals surface area (Å²) >= 11 is 0. The molecule has 1 saturated heterocycles. The van der Waals surface area contributed by atoms with Crippen LogP contribution in [0.2, 0.25) is 0 Å². The van der Waals surface area contributed by atoms with E-state index in [0.29, 0.717) is 18.2 Å². The fourth-order valence-electron chi connectivity index (χ4n) is 2.38. The molecule has 0 spiro atoms. The van der Waals surface area contributed by atoms with Crippen molar-refractivity contribution in [2.45, 2.75) is 25.4 Å². The number of hydrogen-bond donors (Lipinski definition) is 2. The highest BCUT2D eigenvalue weighted by Gasteiger charge is 2.20. The van der Waals surface area contributed by atoms with Crippen LogP contribution in [0.3, 0.4) is 0 Å². The molecule has 4 nitrogen and oxygen atoms in total. The highest BCUT2D eigenvalue weighted by atomic mass is 19.1. The van der Waals surface area contributed by atoms with Gasteiger partial charge in [-0.1, -0.05) is 12.1 Å². The fourth-order valence-corrected chi connectivity index (χ4v) is 2.38. The van der Waals surface area contributed by atoms with Gasteiger partial charge in [0.15, 0.2) is 0 Å². The molecule has 0 amide bonds. The first-order valence-corrected chi connectivity index (χ1v) is 6.50. The Hall–Kier alpha value is -0.945. The van der Waals surface area contributed by atoms with Gasteiger partial charge < -0.3 is 14.8 Å². The number of ether oxygens (including phenoxy) is 1. The smallest absolute Gasteiger partial charge is 0.423 e. The first-order chi connectivity index (χ1) is 9.08. The summed E-state index contributed by atoms with van der Waals surface area (Å²) in [6.45, 7) is 2.03. The first kappa shape index (κ1) is 14.5. The second kappa shape index (κ2) is 6.48. The molecule has 0 aromatic heterocycles. The average Bonchev–Trinajstić information content (AvgIpc) is 2.41. The maximum atomic E-state index is 13.9. The molecule has 1 heterocycles. The maximum absolute atomic E-state index is 13.9. The van der Waals surface area contributed by atoms with E-state index in [4.69, 9.17) is 14.8 Å². The van der Waals surface area contributed by atoms with E-state index < -0.39 is 12.9 Å². The predicted octanol–water partition coefficient (Wildman–Crippen LogP) is 0.116. The van der Waals surface area contributed by atoms with Gasteiger partial charge in [0, 0.05) is 31.4 Å². The van der Waals surface area contributed by atoms with Crippen LogP contribution in [0.25, 0.3) is 0 Å². The number of halogens is 1. The minimum Gasteiger partial charge on any atom is -0.423 e. The molecule has 2 N–H and O–H groups in total. The topological polar surface area (TPSA) is 52.9 Å². The van der Waals surface area contributed by atoms with Crippen molar-refractivity contribution in [2.75, 3.05) is 20.3 Å². The molecular formula is C13H19BFNO3. The van der Waals surface area contributed by atoms with Crippen LogP contribution in [0.5, 0.6) is 0 Å². The van der Waals surface area contributed by atoms with Gasteiger partial charge in [0.1, 0.15) is 5.82 Å². The lowest BCUT2D eigenvalue weighted by molar-refractivity contribution is 0.0404. The van der Waals surface area contributed by atoms with E-state index in [9.17, 15) is 4.39 Å². The molecule has 0 unspecified atom stereocenters. The van der Waals surface area contributed by atoms with E-state index in [1.54, 1.807) is 12.1 Å². The van der Waals surface area contributed by atoms with Crippen molar-refractivity contribution in [3.63, 3.8) is 0 Å². The van der Waals surface area contributed by atoms with E-state index in [1.165, 1.54) is 6.07 Å². The second-order valence-electron chi connectivity index (χ2n) is 4.98. The zero-order chi connectivity index (χ0) is 13.8. The van der Waals surface area contributed by atoms with Gasteiger partial charge in [-0.25, -0.2) is 4.39 Å². The molecule has 2 rings (SSSR count). The van der Waals surface area contributed by atoms with E-state index in [0.717, 1.165) is 26.1 Å². The Balaban J connectivity index is 2.01. The largest absolute Gasteiger partial charge is 0.488 e. The van der Waals surface area contributed by atoms with Gasteiger partial charge in [-0.05, 0) is 31.4 Å².